The maximum Gasteiger partial charge on any atom is 0.327 e. The summed E-state index contributed by atoms with van der Waals surface area (Å²) >= 11 is 1.44. The van der Waals surface area contributed by atoms with Crippen LogP contribution in [0.3, 0.4) is 0 Å². The van der Waals surface area contributed by atoms with Gasteiger partial charge < -0.3 is 19.5 Å². The fourth-order valence-corrected chi connectivity index (χ4v) is 5.84. The third-order valence-electron chi connectivity index (χ3n) is 7.01. The molecule has 0 unspecified atom stereocenters. The molecule has 13 heteroatoms. The summed E-state index contributed by atoms with van der Waals surface area (Å²) in [5, 5.41) is 21.6. The van der Waals surface area contributed by atoms with Crippen molar-refractivity contribution in [3.05, 3.63) is 65.4 Å². The van der Waals surface area contributed by atoms with Crippen molar-refractivity contribution in [2.45, 2.75) is 44.4 Å². The van der Waals surface area contributed by atoms with Crippen molar-refractivity contribution in [2.24, 2.45) is 0 Å². The van der Waals surface area contributed by atoms with E-state index in [1.807, 2.05) is 18.2 Å². The maximum atomic E-state index is 13.6. The highest BCUT2D eigenvalue weighted by Crippen LogP contribution is 2.43. The second-order valence-corrected chi connectivity index (χ2v) is 10.6. The van der Waals surface area contributed by atoms with E-state index in [1.165, 1.54) is 17.4 Å². The largest absolute Gasteiger partial charge is 0.488 e. The fourth-order valence-electron chi connectivity index (χ4n) is 4.95. The van der Waals surface area contributed by atoms with Gasteiger partial charge >= 0.3 is 5.97 Å². The van der Waals surface area contributed by atoms with E-state index in [1.54, 1.807) is 6.20 Å². The molecule has 0 amide bonds. The number of carboxylic acid groups (broad SMARTS) is 1. The molecule has 1 saturated heterocycles. The zero-order valence-electron chi connectivity index (χ0n) is 20.7. The highest BCUT2D eigenvalue weighted by molar-refractivity contribution is 7.18. The van der Waals surface area contributed by atoms with Crippen LogP contribution in [0.2, 0.25) is 0 Å². The summed E-state index contributed by atoms with van der Waals surface area (Å²) in [5.74, 6) is -0.974. The van der Waals surface area contributed by atoms with Gasteiger partial charge in [0, 0.05) is 31.5 Å². The lowest BCUT2D eigenvalue weighted by Crippen LogP contribution is -2.49. The number of fused-ring (bicyclic) bond motifs is 1. The molecule has 1 fully saturated rings. The zero-order chi connectivity index (χ0) is 27.0. The van der Waals surface area contributed by atoms with E-state index >= 15 is 0 Å². The second kappa shape index (κ2) is 10.2. The lowest BCUT2D eigenvalue weighted by atomic mass is 9.83. The van der Waals surface area contributed by atoms with Gasteiger partial charge in [0.2, 0.25) is 5.82 Å². The van der Waals surface area contributed by atoms with E-state index in [0.29, 0.717) is 17.1 Å². The third-order valence-corrected chi connectivity index (χ3v) is 8.07. The molecule has 2 aliphatic rings. The summed E-state index contributed by atoms with van der Waals surface area (Å²) in [6.45, 7) is 1.33. The van der Waals surface area contributed by atoms with Crippen LogP contribution in [0.5, 0.6) is 11.5 Å². The lowest BCUT2D eigenvalue weighted by molar-refractivity contribution is -0.138. The number of nitrogens with zero attached hydrogens (tertiary/aromatic N) is 6. The van der Waals surface area contributed by atoms with Crippen LogP contribution < -0.4 is 14.4 Å². The molecule has 2 aromatic carbocycles. The Morgan fingerprint density at radius 2 is 2.00 bits per heavy atom. The molecule has 0 bridgehead atoms. The number of rotatable bonds is 7. The van der Waals surface area contributed by atoms with Crippen LogP contribution in [0, 0.1) is 11.6 Å². The number of halogens is 2. The van der Waals surface area contributed by atoms with E-state index in [9.17, 15) is 13.6 Å². The van der Waals surface area contributed by atoms with Crippen molar-refractivity contribution < 1.29 is 28.2 Å². The molecule has 39 heavy (non-hydrogen) atoms. The average molecular weight is 555 g/mol. The van der Waals surface area contributed by atoms with Crippen molar-refractivity contribution in [3.8, 4) is 22.2 Å². The highest BCUT2D eigenvalue weighted by atomic mass is 32.1. The Morgan fingerprint density at radius 3 is 2.79 bits per heavy atom. The Kier molecular flexibility index (Phi) is 6.59. The molecule has 10 nitrogen and oxygen atoms in total. The molecule has 0 saturated carbocycles. The van der Waals surface area contributed by atoms with E-state index in [-0.39, 0.29) is 18.8 Å². The molecule has 2 aromatic heterocycles. The Bertz CT molecular complexity index is 1520. The number of ether oxygens (including phenoxy) is 2. The molecule has 4 heterocycles. The summed E-state index contributed by atoms with van der Waals surface area (Å²) in [4.78, 5) is 19.4. The molecular formula is C26H24F2N6O4S. The number of tetrazole rings is 1. The quantitative estimate of drug-likeness (QED) is 0.360. The monoisotopic (exact) mass is 554 g/mol. The normalized spacial score (nSPS) is 16.1. The summed E-state index contributed by atoms with van der Waals surface area (Å²) in [7, 11) is 0. The maximum absolute atomic E-state index is 13.6. The molecule has 6 rings (SSSR count). The number of thiazole rings is 1. The Morgan fingerprint density at radius 1 is 1.15 bits per heavy atom. The first-order valence-corrected chi connectivity index (χ1v) is 13.3. The topological polar surface area (TPSA) is 115 Å². The molecule has 0 atom stereocenters. The van der Waals surface area contributed by atoms with Crippen LogP contribution in [0.15, 0.2) is 42.6 Å². The van der Waals surface area contributed by atoms with E-state index in [2.05, 4.69) is 25.3 Å². The van der Waals surface area contributed by atoms with Crippen LogP contribution in [-0.4, -0.2) is 55.0 Å². The fraction of sp³-hybridized carbons (Fsp3) is 0.346. The summed E-state index contributed by atoms with van der Waals surface area (Å²) in [6.07, 6.45) is 4.98. The molecule has 1 N–H and O–H groups in total. The molecule has 0 aliphatic carbocycles. The van der Waals surface area contributed by atoms with Crippen molar-refractivity contribution in [3.63, 3.8) is 0 Å². The smallest absolute Gasteiger partial charge is 0.327 e. The minimum atomic E-state index is -1.04. The number of aromatic nitrogens is 5. The minimum absolute atomic E-state index is 0.134. The lowest BCUT2D eigenvalue weighted by Gasteiger charge is -2.44. The number of hydrogen-bond acceptors (Lipinski definition) is 9. The third kappa shape index (κ3) is 5.26. The first kappa shape index (κ1) is 25.2. The van der Waals surface area contributed by atoms with Gasteiger partial charge in [0.25, 0.3) is 0 Å². The van der Waals surface area contributed by atoms with Crippen LogP contribution in [0.4, 0.5) is 13.9 Å². The average Bonchev–Trinajstić information content (AvgIpc) is 3.59. The number of anilines is 1. The zero-order valence-corrected chi connectivity index (χ0v) is 21.5. The second-order valence-electron chi connectivity index (χ2n) is 9.59. The van der Waals surface area contributed by atoms with E-state index in [4.69, 9.17) is 14.6 Å². The molecule has 202 valence electrons. The van der Waals surface area contributed by atoms with Crippen LogP contribution in [0.25, 0.3) is 10.7 Å². The standard InChI is InChI=1S/C26H24F2N6O4S/c27-18-5-4-16(12-19(18)28)15-37-20-2-1-3-21-17(20)6-7-26(38-21)8-10-33(11-9-26)25-29-13-22(39-25)24-30-32-34(31-24)14-23(35)36/h1-5,12-13H,6-11,14-15H2,(H,35,36). The Labute approximate surface area is 225 Å². The van der Waals surface area contributed by atoms with Gasteiger partial charge in [-0.2, -0.15) is 4.80 Å². The Balaban J connectivity index is 1.08. The summed E-state index contributed by atoms with van der Waals surface area (Å²) < 4.78 is 39.3. The summed E-state index contributed by atoms with van der Waals surface area (Å²) in [5.41, 5.74) is 1.27. The van der Waals surface area contributed by atoms with Crippen molar-refractivity contribution in [1.82, 2.24) is 25.2 Å². The predicted molar refractivity (Wildman–Crippen MR) is 137 cm³/mol. The number of carboxylic acids is 1. The summed E-state index contributed by atoms with van der Waals surface area (Å²) in [6, 6.07) is 9.46. The molecule has 2 aliphatic heterocycles. The number of carbonyl (C=O) groups is 1. The van der Waals surface area contributed by atoms with Gasteiger partial charge in [0.1, 0.15) is 23.7 Å². The highest BCUT2D eigenvalue weighted by Gasteiger charge is 2.40. The van der Waals surface area contributed by atoms with Gasteiger partial charge in [-0.15, -0.1) is 10.2 Å². The predicted octanol–water partition coefficient (Wildman–Crippen LogP) is 4.10. The van der Waals surface area contributed by atoms with Crippen LogP contribution >= 0.6 is 11.3 Å². The molecule has 4 aromatic rings. The van der Waals surface area contributed by atoms with E-state index in [0.717, 1.165) is 77.0 Å². The number of aliphatic carboxylic acids is 1. The van der Waals surface area contributed by atoms with Gasteiger partial charge in [0.05, 0.1) is 11.1 Å². The molecular weight excluding hydrogens is 530 g/mol. The van der Waals surface area contributed by atoms with Crippen molar-refractivity contribution in [1.29, 1.82) is 0 Å². The van der Waals surface area contributed by atoms with Gasteiger partial charge in [-0.1, -0.05) is 23.5 Å². The van der Waals surface area contributed by atoms with Crippen molar-refractivity contribution in [2.75, 3.05) is 18.0 Å². The number of hydrogen-bond donors (Lipinski definition) is 1. The first-order valence-electron chi connectivity index (χ1n) is 12.5. The number of benzene rings is 2. The SMILES string of the molecule is O=C(O)Cn1nnc(-c2cnc(N3CCC4(CCc5c(OCc6ccc(F)c(F)c6)cccc5O4)CC3)s2)n1. The van der Waals surface area contributed by atoms with Gasteiger partial charge in [-0.3, -0.25) is 4.79 Å². The van der Waals surface area contributed by atoms with Crippen LogP contribution in [-0.2, 0) is 24.4 Å². The van der Waals surface area contributed by atoms with E-state index < -0.39 is 17.6 Å². The molecule has 1 spiro atoms. The van der Waals surface area contributed by atoms with Crippen molar-refractivity contribution >= 4 is 22.4 Å². The number of piperidine rings is 1. The van der Waals surface area contributed by atoms with Gasteiger partial charge in [0.15, 0.2) is 23.3 Å². The molecule has 0 radical (unpaired) electrons. The Hall–Kier alpha value is -4.13. The van der Waals surface area contributed by atoms with Gasteiger partial charge in [-0.25, -0.2) is 13.8 Å². The first-order chi connectivity index (χ1) is 18.9. The van der Waals surface area contributed by atoms with Crippen LogP contribution in [0.1, 0.15) is 30.4 Å². The minimum Gasteiger partial charge on any atom is -0.488 e. The van der Waals surface area contributed by atoms with Gasteiger partial charge in [-0.05, 0) is 47.9 Å².